The van der Waals surface area contributed by atoms with Gasteiger partial charge in [-0.15, -0.1) is 0 Å². The van der Waals surface area contributed by atoms with Gasteiger partial charge in [0, 0.05) is 11.1 Å². The van der Waals surface area contributed by atoms with E-state index in [-0.39, 0.29) is 0 Å². The van der Waals surface area contributed by atoms with Crippen molar-refractivity contribution in [2.45, 2.75) is 0 Å². The monoisotopic (exact) mass is 291 g/mol. The van der Waals surface area contributed by atoms with Gasteiger partial charge in [-0.05, 0) is 18.2 Å². The van der Waals surface area contributed by atoms with E-state index in [0.29, 0.717) is 25.9 Å². The van der Waals surface area contributed by atoms with E-state index in [1.165, 1.54) is 0 Å². The highest BCUT2D eigenvalue weighted by Crippen LogP contribution is 2.36. The van der Waals surface area contributed by atoms with E-state index in [9.17, 15) is 0 Å². The molecule has 16 heavy (non-hydrogen) atoms. The van der Waals surface area contributed by atoms with Crippen molar-refractivity contribution in [1.82, 2.24) is 4.98 Å². The van der Waals surface area contributed by atoms with Crippen LogP contribution in [0.4, 0.5) is 0 Å². The molecular weight excluding hydrogens is 288 g/mol. The first kappa shape index (κ1) is 12.0. The van der Waals surface area contributed by atoms with Crippen LogP contribution in [-0.2, 0) is 0 Å². The zero-order chi connectivity index (χ0) is 11.7. The van der Waals surface area contributed by atoms with Gasteiger partial charge < -0.3 is 0 Å². The Morgan fingerprint density at radius 2 is 1.56 bits per heavy atom. The van der Waals surface area contributed by atoms with E-state index in [1.54, 1.807) is 24.3 Å². The predicted octanol–water partition coefficient (Wildman–Crippen LogP) is 5.36. The van der Waals surface area contributed by atoms with Crippen LogP contribution in [0.2, 0.25) is 20.4 Å². The third-order valence-electron chi connectivity index (χ3n) is 2.06. The molecule has 0 saturated carbocycles. The minimum absolute atomic E-state index is 0.302. The summed E-state index contributed by atoms with van der Waals surface area (Å²) in [4.78, 5) is 3.95. The molecule has 0 spiro atoms. The van der Waals surface area contributed by atoms with Crippen molar-refractivity contribution in [2.24, 2.45) is 0 Å². The van der Waals surface area contributed by atoms with Gasteiger partial charge in [0.2, 0.25) is 0 Å². The molecule has 1 heterocycles. The van der Waals surface area contributed by atoms with Crippen molar-refractivity contribution < 1.29 is 0 Å². The first-order valence-corrected chi connectivity index (χ1v) is 5.87. The molecule has 1 aromatic heterocycles. The average Bonchev–Trinajstić information content (AvgIpc) is 2.23. The number of pyridine rings is 1. The minimum atomic E-state index is 0.302. The summed E-state index contributed by atoms with van der Waals surface area (Å²) < 4.78 is 0. The van der Waals surface area contributed by atoms with Gasteiger partial charge in [-0.3, -0.25) is 0 Å². The molecule has 0 fully saturated rings. The predicted molar refractivity (Wildman–Crippen MR) is 69.7 cm³/mol. The molecular formula is C11H5Cl4N. The maximum absolute atomic E-state index is 6.09. The maximum atomic E-state index is 6.09. The number of halogens is 4. The Morgan fingerprint density at radius 1 is 0.812 bits per heavy atom. The molecule has 0 aliphatic carbocycles. The zero-order valence-corrected chi connectivity index (χ0v) is 10.9. The molecule has 0 radical (unpaired) electrons. The molecule has 5 heteroatoms. The molecule has 0 saturated heterocycles. The van der Waals surface area contributed by atoms with Crippen molar-refractivity contribution >= 4 is 46.4 Å². The topological polar surface area (TPSA) is 12.9 Å². The molecule has 0 bridgehead atoms. The first-order chi connectivity index (χ1) is 7.59. The van der Waals surface area contributed by atoms with Gasteiger partial charge in [0.25, 0.3) is 0 Å². The lowest BCUT2D eigenvalue weighted by atomic mass is 10.1. The van der Waals surface area contributed by atoms with Crippen LogP contribution in [0.1, 0.15) is 0 Å². The lowest BCUT2D eigenvalue weighted by molar-refractivity contribution is 1.33. The Labute approximate surface area is 113 Å². The zero-order valence-electron chi connectivity index (χ0n) is 7.85. The molecule has 0 N–H and O–H groups in total. The van der Waals surface area contributed by atoms with Crippen molar-refractivity contribution in [3.05, 3.63) is 50.7 Å². The third kappa shape index (κ3) is 2.28. The van der Waals surface area contributed by atoms with Gasteiger partial charge in [0.05, 0.1) is 10.0 Å². The standard InChI is InChI=1S/C11H5Cl4N/c12-8-3-1-2-6(10(8)14)7-4-5-9(13)16-11(7)15/h1-5H. The van der Waals surface area contributed by atoms with E-state index in [4.69, 9.17) is 46.4 Å². The summed E-state index contributed by atoms with van der Waals surface area (Å²) in [7, 11) is 0. The Kier molecular flexibility index (Phi) is 3.60. The fourth-order valence-corrected chi connectivity index (χ4v) is 2.17. The molecule has 0 aliphatic heterocycles. The number of rotatable bonds is 1. The molecule has 0 amide bonds. The second-order valence-corrected chi connectivity index (χ2v) is 4.60. The summed E-state index contributed by atoms with van der Waals surface area (Å²) in [6, 6.07) is 8.75. The van der Waals surface area contributed by atoms with Crippen molar-refractivity contribution in [1.29, 1.82) is 0 Å². The van der Waals surface area contributed by atoms with Crippen molar-refractivity contribution in [2.75, 3.05) is 0 Å². The molecule has 2 rings (SSSR count). The van der Waals surface area contributed by atoms with Crippen LogP contribution in [0.3, 0.4) is 0 Å². The number of nitrogens with zero attached hydrogens (tertiary/aromatic N) is 1. The van der Waals surface area contributed by atoms with Crippen LogP contribution in [0, 0.1) is 0 Å². The quantitative estimate of drug-likeness (QED) is 0.645. The molecule has 82 valence electrons. The van der Waals surface area contributed by atoms with Gasteiger partial charge >= 0.3 is 0 Å². The Bertz CT molecular complexity index is 540. The number of benzene rings is 1. The van der Waals surface area contributed by atoms with E-state index in [0.717, 1.165) is 5.56 Å². The SMILES string of the molecule is Clc1ccc(-c2cccc(Cl)c2Cl)c(Cl)n1. The summed E-state index contributed by atoms with van der Waals surface area (Å²) in [6.07, 6.45) is 0. The lowest BCUT2D eigenvalue weighted by Crippen LogP contribution is -1.85. The summed E-state index contributed by atoms with van der Waals surface area (Å²) in [5, 5.41) is 1.57. The van der Waals surface area contributed by atoms with Crippen LogP contribution < -0.4 is 0 Å². The van der Waals surface area contributed by atoms with Crippen molar-refractivity contribution in [3.63, 3.8) is 0 Å². The molecule has 2 aromatic rings. The van der Waals surface area contributed by atoms with Crippen LogP contribution in [0.25, 0.3) is 11.1 Å². The highest BCUT2D eigenvalue weighted by atomic mass is 35.5. The summed E-state index contributed by atoms with van der Waals surface area (Å²) in [6.45, 7) is 0. The van der Waals surface area contributed by atoms with Crippen LogP contribution in [0.15, 0.2) is 30.3 Å². The Morgan fingerprint density at radius 3 is 2.25 bits per heavy atom. The van der Waals surface area contributed by atoms with Gasteiger partial charge in [0.1, 0.15) is 10.3 Å². The maximum Gasteiger partial charge on any atom is 0.138 e. The molecule has 0 atom stereocenters. The number of hydrogen-bond donors (Lipinski definition) is 0. The fourth-order valence-electron chi connectivity index (χ4n) is 1.32. The van der Waals surface area contributed by atoms with E-state index in [2.05, 4.69) is 4.98 Å². The molecule has 1 aromatic carbocycles. The van der Waals surface area contributed by atoms with Crippen molar-refractivity contribution in [3.8, 4) is 11.1 Å². The van der Waals surface area contributed by atoms with Gasteiger partial charge in [-0.25, -0.2) is 4.98 Å². The first-order valence-electron chi connectivity index (χ1n) is 4.36. The van der Waals surface area contributed by atoms with Crippen LogP contribution >= 0.6 is 46.4 Å². The highest BCUT2D eigenvalue weighted by Gasteiger charge is 2.11. The second-order valence-electron chi connectivity index (χ2n) is 3.07. The normalized spacial score (nSPS) is 10.5. The molecule has 1 nitrogen and oxygen atoms in total. The summed E-state index contributed by atoms with van der Waals surface area (Å²) >= 11 is 23.7. The number of hydrogen-bond acceptors (Lipinski definition) is 1. The fraction of sp³-hybridized carbons (Fsp3) is 0. The van der Waals surface area contributed by atoms with Gasteiger partial charge in [0.15, 0.2) is 0 Å². The van der Waals surface area contributed by atoms with Crippen LogP contribution in [0.5, 0.6) is 0 Å². The molecule has 0 aliphatic rings. The smallest absolute Gasteiger partial charge is 0.138 e. The number of aromatic nitrogens is 1. The second kappa shape index (κ2) is 4.80. The average molecular weight is 293 g/mol. The third-order valence-corrected chi connectivity index (χ3v) is 3.37. The van der Waals surface area contributed by atoms with Gasteiger partial charge in [-0.2, -0.15) is 0 Å². The summed E-state index contributed by atoms with van der Waals surface area (Å²) in [5.41, 5.74) is 1.45. The Balaban J connectivity index is 2.63. The highest BCUT2D eigenvalue weighted by molar-refractivity contribution is 6.44. The van der Waals surface area contributed by atoms with Crippen LogP contribution in [-0.4, -0.2) is 4.98 Å². The lowest BCUT2D eigenvalue weighted by Gasteiger charge is -2.07. The Hall–Kier alpha value is -0.470. The minimum Gasteiger partial charge on any atom is -0.224 e. The van der Waals surface area contributed by atoms with E-state index < -0.39 is 0 Å². The largest absolute Gasteiger partial charge is 0.224 e. The molecule has 0 unspecified atom stereocenters. The van der Waals surface area contributed by atoms with E-state index >= 15 is 0 Å². The summed E-state index contributed by atoms with van der Waals surface area (Å²) in [5.74, 6) is 0. The van der Waals surface area contributed by atoms with E-state index in [1.807, 2.05) is 6.07 Å². The van der Waals surface area contributed by atoms with Gasteiger partial charge in [-0.1, -0.05) is 58.5 Å².